The predicted molar refractivity (Wildman–Crippen MR) is 102 cm³/mol. The Kier molecular flexibility index (Phi) is 5.98. The molecule has 2 aromatic rings. The van der Waals surface area contributed by atoms with E-state index in [1.54, 1.807) is 36.5 Å². The van der Waals surface area contributed by atoms with Gasteiger partial charge in [0.2, 0.25) is 0 Å². The number of rotatable bonds is 6. The van der Waals surface area contributed by atoms with Gasteiger partial charge in [-0.2, -0.15) is 13.5 Å². The third-order valence-corrected chi connectivity index (χ3v) is 5.30. The fourth-order valence-corrected chi connectivity index (χ4v) is 3.46. The van der Waals surface area contributed by atoms with E-state index < -0.39 is 10.1 Å². The van der Waals surface area contributed by atoms with Crippen LogP contribution in [0.5, 0.6) is 11.5 Å². The van der Waals surface area contributed by atoms with Crippen LogP contribution in [0.1, 0.15) is 11.1 Å². The highest BCUT2D eigenvalue weighted by molar-refractivity contribution is 7.87. The van der Waals surface area contributed by atoms with E-state index in [-0.39, 0.29) is 10.6 Å². The van der Waals surface area contributed by atoms with E-state index in [0.717, 1.165) is 24.2 Å². The highest BCUT2D eigenvalue weighted by Crippen LogP contribution is 2.30. The molecule has 1 aliphatic rings. The predicted octanol–water partition coefficient (Wildman–Crippen LogP) is 2.44. The van der Waals surface area contributed by atoms with Gasteiger partial charge in [0.05, 0.1) is 39.6 Å². The lowest BCUT2D eigenvalue weighted by atomic mass is 10.2. The van der Waals surface area contributed by atoms with Crippen LogP contribution in [-0.4, -0.2) is 53.1 Å². The fraction of sp³-hybridized carbons (Fsp3) is 0.316. The molecule has 0 saturated carbocycles. The number of ether oxygens (including phenoxy) is 2. The number of morpholine rings is 1. The molecule has 0 spiro atoms. The van der Waals surface area contributed by atoms with Crippen LogP contribution in [0, 0.1) is 6.92 Å². The maximum atomic E-state index is 12.5. The Morgan fingerprint density at radius 3 is 2.44 bits per heavy atom. The first-order chi connectivity index (χ1) is 13.0. The van der Waals surface area contributed by atoms with Gasteiger partial charge in [-0.15, -0.1) is 0 Å². The van der Waals surface area contributed by atoms with Crippen molar-refractivity contribution in [2.24, 2.45) is 5.10 Å². The Morgan fingerprint density at radius 2 is 1.78 bits per heavy atom. The van der Waals surface area contributed by atoms with Gasteiger partial charge in [-0.1, -0.05) is 17.7 Å². The molecular weight excluding hydrogens is 368 g/mol. The lowest BCUT2D eigenvalue weighted by Crippen LogP contribution is -2.32. The molecule has 0 aromatic heterocycles. The molecule has 0 aliphatic carbocycles. The van der Waals surface area contributed by atoms with Crippen molar-refractivity contribution in [2.75, 3.05) is 33.4 Å². The standard InChI is InChI=1S/C19H22N2O5S/c1-15-3-6-17(7-4-15)27(22,23)26-18-8-5-16(13-19(18)24-2)14-20-21-9-11-25-12-10-21/h3-8,13-14H,9-12H2,1-2H3/b20-14-. The molecule has 1 fully saturated rings. The Labute approximate surface area is 159 Å². The second kappa shape index (κ2) is 8.41. The van der Waals surface area contributed by atoms with Crippen LogP contribution in [0.15, 0.2) is 52.5 Å². The summed E-state index contributed by atoms with van der Waals surface area (Å²) >= 11 is 0. The molecule has 2 aromatic carbocycles. The molecule has 0 atom stereocenters. The minimum Gasteiger partial charge on any atom is -0.493 e. The van der Waals surface area contributed by atoms with E-state index in [9.17, 15) is 8.42 Å². The first-order valence-electron chi connectivity index (χ1n) is 8.54. The molecule has 8 heteroatoms. The van der Waals surface area contributed by atoms with Crippen molar-refractivity contribution in [2.45, 2.75) is 11.8 Å². The smallest absolute Gasteiger partial charge is 0.339 e. The van der Waals surface area contributed by atoms with E-state index in [4.69, 9.17) is 13.7 Å². The molecule has 0 unspecified atom stereocenters. The maximum Gasteiger partial charge on any atom is 0.339 e. The summed E-state index contributed by atoms with van der Waals surface area (Å²) in [4.78, 5) is 0.0908. The van der Waals surface area contributed by atoms with Crippen LogP contribution in [0.4, 0.5) is 0 Å². The lowest BCUT2D eigenvalue weighted by Gasteiger charge is -2.23. The Balaban J connectivity index is 1.77. The Morgan fingerprint density at radius 1 is 1.07 bits per heavy atom. The molecule has 27 heavy (non-hydrogen) atoms. The zero-order valence-corrected chi connectivity index (χ0v) is 16.1. The van der Waals surface area contributed by atoms with E-state index in [1.807, 2.05) is 11.9 Å². The first-order valence-corrected chi connectivity index (χ1v) is 9.94. The minimum absolute atomic E-state index is 0.0908. The third-order valence-electron chi connectivity index (χ3n) is 4.05. The molecule has 1 heterocycles. The SMILES string of the molecule is COc1cc(/C=N\N2CCOCC2)ccc1OS(=O)(=O)c1ccc(C)cc1. The topological polar surface area (TPSA) is 77.4 Å². The number of hydrogen-bond acceptors (Lipinski definition) is 7. The second-order valence-electron chi connectivity index (χ2n) is 6.07. The summed E-state index contributed by atoms with van der Waals surface area (Å²) < 4.78 is 40.8. The van der Waals surface area contributed by atoms with Gasteiger partial charge in [-0.05, 0) is 42.8 Å². The summed E-state index contributed by atoms with van der Waals surface area (Å²) in [5.74, 6) is 0.443. The van der Waals surface area contributed by atoms with Gasteiger partial charge < -0.3 is 13.7 Å². The number of nitrogens with zero attached hydrogens (tertiary/aromatic N) is 2. The van der Waals surface area contributed by atoms with Crippen molar-refractivity contribution in [3.8, 4) is 11.5 Å². The van der Waals surface area contributed by atoms with Gasteiger partial charge in [-0.3, -0.25) is 5.01 Å². The second-order valence-corrected chi connectivity index (χ2v) is 7.62. The molecule has 0 N–H and O–H groups in total. The summed E-state index contributed by atoms with van der Waals surface area (Å²) in [7, 11) is -2.48. The van der Waals surface area contributed by atoms with Gasteiger partial charge in [0.25, 0.3) is 0 Å². The highest BCUT2D eigenvalue weighted by atomic mass is 32.2. The molecule has 0 amide bonds. The molecule has 144 valence electrons. The summed E-state index contributed by atoms with van der Waals surface area (Å²) in [5.41, 5.74) is 1.74. The van der Waals surface area contributed by atoms with E-state index >= 15 is 0 Å². The number of aryl methyl sites for hydroxylation is 1. The van der Waals surface area contributed by atoms with E-state index in [2.05, 4.69) is 5.10 Å². The number of methoxy groups -OCH3 is 1. The normalized spacial score (nSPS) is 15.1. The summed E-state index contributed by atoms with van der Waals surface area (Å²) in [5, 5.41) is 6.32. The van der Waals surface area contributed by atoms with Crippen molar-refractivity contribution >= 4 is 16.3 Å². The van der Waals surface area contributed by atoms with Crippen LogP contribution < -0.4 is 8.92 Å². The fourth-order valence-electron chi connectivity index (χ4n) is 2.52. The van der Waals surface area contributed by atoms with Crippen LogP contribution in [0.2, 0.25) is 0 Å². The summed E-state index contributed by atoms with van der Waals surface area (Å²) in [6.07, 6.45) is 1.70. The zero-order chi connectivity index (χ0) is 19.3. The van der Waals surface area contributed by atoms with Crippen molar-refractivity contribution < 1.29 is 22.1 Å². The number of hydrogen-bond donors (Lipinski definition) is 0. The van der Waals surface area contributed by atoms with E-state index in [0.29, 0.717) is 19.0 Å². The van der Waals surface area contributed by atoms with Crippen molar-refractivity contribution in [3.63, 3.8) is 0 Å². The van der Waals surface area contributed by atoms with Gasteiger partial charge in [0.15, 0.2) is 11.5 Å². The van der Waals surface area contributed by atoms with Gasteiger partial charge >= 0.3 is 10.1 Å². The van der Waals surface area contributed by atoms with E-state index in [1.165, 1.54) is 19.2 Å². The Bertz CT molecular complexity index is 904. The third kappa shape index (κ3) is 4.99. The average Bonchev–Trinajstić information content (AvgIpc) is 2.68. The molecular formula is C19H22N2O5S. The lowest BCUT2D eigenvalue weighted by molar-refractivity contribution is 0.0397. The van der Waals surface area contributed by atoms with Crippen molar-refractivity contribution in [1.29, 1.82) is 0 Å². The maximum absolute atomic E-state index is 12.5. The number of benzene rings is 2. The minimum atomic E-state index is -3.94. The monoisotopic (exact) mass is 390 g/mol. The zero-order valence-electron chi connectivity index (χ0n) is 15.3. The molecule has 7 nitrogen and oxygen atoms in total. The van der Waals surface area contributed by atoms with Crippen molar-refractivity contribution in [1.82, 2.24) is 5.01 Å². The van der Waals surface area contributed by atoms with Crippen LogP contribution in [0.3, 0.4) is 0 Å². The number of hydrazone groups is 1. The van der Waals surface area contributed by atoms with Crippen LogP contribution in [-0.2, 0) is 14.9 Å². The average molecular weight is 390 g/mol. The molecule has 1 saturated heterocycles. The quantitative estimate of drug-likeness (QED) is 0.557. The summed E-state index contributed by atoms with van der Waals surface area (Å²) in [6.45, 7) is 4.68. The largest absolute Gasteiger partial charge is 0.493 e. The van der Waals surface area contributed by atoms with Crippen molar-refractivity contribution in [3.05, 3.63) is 53.6 Å². The van der Waals surface area contributed by atoms with Gasteiger partial charge in [0.1, 0.15) is 4.90 Å². The summed E-state index contributed by atoms with van der Waals surface area (Å²) in [6, 6.07) is 11.4. The molecule has 3 rings (SSSR count). The molecule has 0 radical (unpaired) electrons. The first kappa shape index (κ1) is 19.2. The van der Waals surface area contributed by atoms with Gasteiger partial charge in [0, 0.05) is 0 Å². The molecule has 0 bridgehead atoms. The Hall–Kier alpha value is -2.58. The molecule has 1 aliphatic heterocycles. The van der Waals surface area contributed by atoms with Crippen LogP contribution >= 0.6 is 0 Å². The highest BCUT2D eigenvalue weighted by Gasteiger charge is 2.19. The van der Waals surface area contributed by atoms with Crippen LogP contribution in [0.25, 0.3) is 0 Å². The van der Waals surface area contributed by atoms with Gasteiger partial charge in [-0.25, -0.2) is 0 Å².